The van der Waals surface area contributed by atoms with Gasteiger partial charge in [-0.15, -0.1) is 0 Å². The lowest BCUT2D eigenvalue weighted by Gasteiger charge is -2.12. The fourth-order valence-corrected chi connectivity index (χ4v) is 7.43. The second kappa shape index (κ2) is 11.4. The normalized spacial score (nSPS) is 11.6. The quantitative estimate of drug-likeness (QED) is 0.188. The summed E-state index contributed by atoms with van der Waals surface area (Å²) in [5.74, 6) is 0.648. The third-order valence-corrected chi connectivity index (χ3v) is 9.73. The molecule has 0 saturated carbocycles. The van der Waals surface area contributed by atoms with Gasteiger partial charge in [-0.1, -0.05) is 140 Å². The molecule has 0 aliphatic heterocycles. The number of rotatable bonds is 5. The first-order valence-corrected chi connectivity index (χ1v) is 16.9. The van der Waals surface area contributed by atoms with Crippen LogP contribution in [0.3, 0.4) is 0 Å². The van der Waals surface area contributed by atoms with Crippen LogP contribution in [0.1, 0.15) is 0 Å². The molecule has 10 aromatic rings. The smallest absolute Gasteiger partial charge is 0.235 e. The minimum atomic E-state index is 0.648. The molecule has 0 amide bonds. The van der Waals surface area contributed by atoms with Crippen molar-refractivity contribution in [1.29, 1.82) is 0 Å². The molecule has 0 unspecified atom stereocenters. The predicted octanol–water partition coefficient (Wildman–Crippen LogP) is 11.7. The van der Waals surface area contributed by atoms with Gasteiger partial charge in [0.2, 0.25) is 5.95 Å². The minimum absolute atomic E-state index is 0.648. The zero-order valence-corrected chi connectivity index (χ0v) is 27.1. The van der Waals surface area contributed by atoms with Crippen LogP contribution in [-0.4, -0.2) is 19.1 Å². The van der Waals surface area contributed by atoms with E-state index < -0.39 is 0 Å². The number of fused-ring (bicyclic) bond motifs is 6. The summed E-state index contributed by atoms with van der Waals surface area (Å²) in [4.78, 5) is 10.5. The van der Waals surface area contributed by atoms with Crippen molar-refractivity contribution >= 4 is 43.6 Å². The Morgan fingerprint density at radius 3 is 1.34 bits per heavy atom. The van der Waals surface area contributed by atoms with Gasteiger partial charge in [0.15, 0.2) is 0 Å². The van der Waals surface area contributed by atoms with Crippen molar-refractivity contribution in [3.8, 4) is 45.3 Å². The molecule has 234 valence electrons. The van der Waals surface area contributed by atoms with E-state index in [0.29, 0.717) is 5.95 Å². The van der Waals surface area contributed by atoms with Crippen LogP contribution in [0.4, 0.5) is 0 Å². The second-order valence-electron chi connectivity index (χ2n) is 12.7. The van der Waals surface area contributed by atoms with Gasteiger partial charge in [0, 0.05) is 38.4 Å². The lowest BCUT2D eigenvalue weighted by atomic mass is 10.1. The monoisotopic (exact) mass is 638 g/mol. The fraction of sp³-hybridized carbons (Fsp3) is 0. The number of hydrogen-bond acceptors (Lipinski definition) is 2. The Kier molecular flexibility index (Phi) is 6.46. The van der Waals surface area contributed by atoms with E-state index in [2.05, 4.69) is 179 Å². The summed E-state index contributed by atoms with van der Waals surface area (Å²) in [5, 5.41) is 4.71. The van der Waals surface area contributed by atoms with Gasteiger partial charge in [0.05, 0.1) is 33.5 Å². The highest BCUT2D eigenvalue weighted by molar-refractivity contribution is 6.19. The zero-order valence-electron chi connectivity index (χ0n) is 27.1. The zero-order chi connectivity index (χ0) is 33.0. The Morgan fingerprint density at radius 1 is 0.300 bits per heavy atom. The van der Waals surface area contributed by atoms with Crippen LogP contribution in [0.15, 0.2) is 182 Å². The first-order chi connectivity index (χ1) is 24.8. The maximum absolute atomic E-state index is 5.25. The molecule has 0 N–H and O–H groups in total. The van der Waals surface area contributed by atoms with Gasteiger partial charge in [-0.2, -0.15) is 0 Å². The van der Waals surface area contributed by atoms with Gasteiger partial charge >= 0.3 is 0 Å². The van der Waals surface area contributed by atoms with Gasteiger partial charge in [-0.3, -0.25) is 4.57 Å². The van der Waals surface area contributed by atoms with E-state index in [1.54, 1.807) is 0 Å². The first-order valence-electron chi connectivity index (χ1n) is 16.9. The summed E-state index contributed by atoms with van der Waals surface area (Å²) in [6.07, 6.45) is 0. The van der Waals surface area contributed by atoms with Gasteiger partial charge < -0.3 is 4.57 Å². The Bertz CT molecular complexity index is 2790. The van der Waals surface area contributed by atoms with Crippen LogP contribution in [0.5, 0.6) is 0 Å². The number of aromatic nitrogens is 4. The molecular weight excluding hydrogens is 609 g/mol. The largest absolute Gasteiger partial charge is 0.309 e. The number of para-hydroxylation sites is 2. The predicted molar refractivity (Wildman–Crippen MR) is 207 cm³/mol. The lowest BCUT2D eigenvalue weighted by molar-refractivity contribution is 0.996. The van der Waals surface area contributed by atoms with Crippen molar-refractivity contribution in [2.45, 2.75) is 0 Å². The second-order valence-corrected chi connectivity index (χ2v) is 12.7. The van der Waals surface area contributed by atoms with E-state index in [1.165, 1.54) is 27.4 Å². The molecule has 3 aromatic heterocycles. The summed E-state index contributed by atoms with van der Waals surface area (Å²) in [5.41, 5.74) is 11.9. The third-order valence-electron chi connectivity index (χ3n) is 9.73. The highest BCUT2D eigenvalue weighted by atomic mass is 15.2. The Morgan fingerprint density at radius 2 is 0.760 bits per heavy atom. The average Bonchev–Trinajstić information content (AvgIpc) is 3.70. The van der Waals surface area contributed by atoms with Crippen molar-refractivity contribution < 1.29 is 0 Å². The highest BCUT2D eigenvalue weighted by Crippen LogP contribution is 2.40. The SMILES string of the molecule is c1ccc(-c2cccc(-n3c4ccccc4c4cc5c(cc43)c3ccccc3n5-c3nc(-c4ccccc4)cc(-c4ccccc4)n3)c2)cc1. The Labute approximate surface area is 289 Å². The number of benzene rings is 7. The lowest BCUT2D eigenvalue weighted by Crippen LogP contribution is -2.04. The van der Waals surface area contributed by atoms with Gasteiger partial charge in [-0.25, -0.2) is 9.97 Å². The minimum Gasteiger partial charge on any atom is -0.309 e. The van der Waals surface area contributed by atoms with Crippen LogP contribution in [0, 0.1) is 0 Å². The first kappa shape index (κ1) is 28.3. The molecule has 0 saturated heterocycles. The number of hydrogen-bond donors (Lipinski definition) is 0. The van der Waals surface area contributed by atoms with Crippen molar-refractivity contribution in [2.24, 2.45) is 0 Å². The molecule has 0 aliphatic carbocycles. The van der Waals surface area contributed by atoms with E-state index >= 15 is 0 Å². The standard InChI is InChI=1S/C46H30N4/c1-4-15-31(16-5-1)34-21-14-22-35(27-34)49-42-25-12-10-23-36(42)38-29-45-39(28-44(38)49)37-24-11-13-26-43(37)50(45)46-47-40(32-17-6-2-7-18-32)30-41(48-46)33-19-8-3-9-20-33/h1-30H. The summed E-state index contributed by atoms with van der Waals surface area (Å²) >= 11 is 0. The molecule has 0 radical (unpaired) electrons. The van der Waals surface area contributed by atoms with E-state index in [0.717, 1.165) is 55.5 Å². The summed E-state index contributed by atoms with van der Waals surface area (Å²) in [6, 6.07) is 64.3. The average molecular weight is 639 g/mol. The molecule has 4 heteroatoms. The molecule has 3 heterocycles. The Balaban J connectivity index is 1.27. The van der Waals surface area contributed by atoms with Gasteiger partial charge in [0.25, 0.3) is 0 Å². The summed E-state index contributed by atoms with van der Waals surface area (Å²) in [6.45, 7) is 0. The van der Waals surface area contributed by atoms with Crippen LogP contribution in [0.25, 0.3) is 88.9 Å². The molecule has 0 atom stereocenters. The van der Waals surface area contributed by atoms with E-state index in [1.807, 2.05) is 12.1 Å². The van der Waals surface area contributed by atoms with E-state index in [-0.39, 0.29) is 0 Å². The van der Waals surface area contributed by atoms with Crippen molar-refractivity contribution in [2.75, 3.05) is 0 Å². The molecule has 10 rings (SSSR count). The molecule has 50 heavy (non-hydrogen) atoms. The highest BCUT2D eigenvalue weighted by Gasteiger charge is 2.20. The van der Waals surface area contributed by atoms with E-state index in [9.17, 15) is 0 Å². The van der Waals surface area contributed by atoms with Crippen LogP contribution in [0.2, 0.25) is 0 Å². The summed E-state index contributed by atoms with van der Waals surface area (Å²) in [7, 11) is 0. The molecule has 0 fully saturated rings. The molecule has 7 aromatic carbocycles. The molecule has 0 bridgehead atoms. The molecule has 0 aliphatic rings. The molecule has 4 nitrogen and oxygen atoms in total. The number of nitrogens with zero attached hydrogens (tertiary/aromatic N) is 4. The molecule has 0 spiro atoms. The van der Waals surface area contributed by atoms with Crippen LogP contribution in [-0.2, 0) is 0 Å². The summed E-state index contributed by atoms with van der Waals surface area (Å²) < 4.78 is 4.65. The topological polar surface area (TPSA) is 35.6 Å². The van der Waals surface area contributed by atoms with Gasteiger partial charge in [-0.05, 0) is 53.6 Å². The van der Waals surface area contributed by atoms with Crippen molar-refractivity contribution in [3.05, 3.63) is 182 Å². The van der Waals surface area contributed by atoms with Gasteiger partial charge in [0.1, 0.15) is 0 Å². The van der Waals surface area contributed by atoms with Crippen LogP contribution >= 0.6 is 0 Å². The van der Waals surface area contributed by atoms with Crippen molar-refractivity contribution in [1.82, 2.24) is 19.1 Å². The maximum atomic E-state index is 5.25. The third kappa shape index (κ3) is 4.54. The fourth-order valence-electron chi connectivity index (χ4n) is 7.43. The maximum Gasteiger partial charge on any atom is 0.235 e. The Hall–Kier alpha value is -6.78. The van der Waals surface area contributed by atoms with E-state index in [4.69, 9.17) is 9.97 Å². The van der Waals surface area contributed by atoms with Crippen LogP contribution < -0.4 is 0 Å². The van der Waals surface area contributed by atoms with Crippen molar-refractivity contribution in [3.63, 3.8) is 0 Å². The molecular formula is C46H30N4.